The van der Waals surface area contributed by atoms with Crippen LogP contribution in [0.2, 0.25) is 0 Å². The molecule has 6 heteroatoms. The Labute approximate surface area is 95.5 Å². The van der Waals surface area contributed by atoms with E-state index in [4.69, 9.17) is 10.8 Å². The van der Waals surface area contributed by atoms with Gasteiger partial charge in [0, 0.05) is 12.4 Å². The summed E-state index contributed by atoms with van der Waals surface area (Å²) in [6, 6.07) is 0. The van der Waals surface area contributed by atoms with Crippen molar-refractivity contribution in [3.63, 3.8) is 0 Å². The molecule has 78 valence electrons. The number of nitrogens with two attached hydrogens (primary N) is 1. The van der Waals surface area contributed by atoms with Gasteiger partial charge in [0.05, 0.1) is 4.47 Å². The van der Waals surface area contributed by atoms with Gasteiger partial charge in [0.25, 0.3) is 0 Å². The summed E-state index contributed by atoms with van der Waals surface area (Å²) in [6.07, 6.45) is 1.44. The number of hydrogen-bond donors (Lipinski definition) is 2. The van der Waals surface area contributed by atoms with Crippen molar-refractivity contribution in [2.45, 2.75) is 11.9 Å². The van der Waals surface area contributed by atoms with Crippen molar-refractivity contribution in [1.82, 2.24) is 9.97 Å². The Hall–Kier alpha value is -0.330. The fourth-order valence-electron chi connectivity index (χ4n) is 0.741. The molecule has 0 aliphatic rings. The quantitative estimate of drug-likeness (QED) is 0.645. The van der Waals surface area contributed by atoms with E-state index in [0.717, 1.165) is 15.3 Å². The van der Waals surface area contributed by atoms with Crippen molar-refractivity contribution in [2.24, 2.45) is 5.92 Å². The number of halogens is 1. The summed E-state index contributed by atoms with van der Waals surface area (Å²) >= 11 is 4.87. The topological polar surface area (TPSA) is 72.0 Å². The molecule has 1 rings (SSSR count). The maximum Gasteiger partial charge on any atom is 0.142 e. The average molecular weight is 278 g/mol. The molecule has 0 aliphatic carbocycles. The molecule has 1 atom stereocenters. The second-order valence-corrected chi connectivity index (χ2v) is 4.78. The Bertz CT molecular complexity index is 311. The molecule has 3 N–H and O–H groups in total. The standard InChI is InChI=1S/C8H12BrN3OS/c1-5(2-13)3-14-8-6(9)7(10)11-4-12-8/h4-5,13H,2-3H2,1H3,(H2,10,11,12). The molecule has 1 unspecified atom stereocenters. The van der Waals surface area contributed by atoms with Crippen molar-refractivity contribution in [1.29, 1.82) is 0 Å². The molecular formula is C8H12BrN3OS. The van der Waals surface area contributed by atoms with Crippen LogP contribution in [0.1, 0.15) is 6.92 Å². The zero-order valence-corrected chi connectivity index (χ0v) is 10.2. The van der Waals surface area contributed by atoms with E-state index in [1.165, 1.54) is 6.33 Å². The molecule has 0 fully saturated rings. The van der Waals surface area contributed by atoms with E-state index in [0.29, 0.717) is 5.82 Å². The summed E-state index contributed by atoms with van der Waals surface area (Å²) < 4.78 is 0.732. The number of anilines is 1. The molecule has 4 nitrogen and oxygen atoms in total. The van der Waals surface area contributed by atoms with Crippen LogP contribution in [0.3, 0.4) is 0 Å². The van der Waals surface area contributed by atoms with Crippen LogP contribution < -0.4 is 5.73 Å². The number of thioether (sulfide) groups is 1. The number of aliphatic hydroxyl groups is 1. The van der Waals surface area contributed by atoms with E-state index in [1.54, 1.807) is 11.8 Å². The van der Waals surface area contributed by atoms with Crippen LogP contribution in [0.4, 0.5) is 5.82 Å². The van der Waals surface area contributed by atoms with Crippen molar-refractivity contribution < 1.29 is 5.11 Å². The first kappa shape index (κ1) is 11.7. The van der Waals surface area contributed by atoms with Crippen molar-refractivity contribution in [3.05, 3.63) is 10.8 Å². The molecule has 0 amide bonds. The van der Waals surface area contributed by atoms with Crippen LogP contribution in [0.15, 0.2) is 15.8 Å². The minimum atomic E-state index is 0.186. The molecule has 0 radical (unpaired) electrons. The van der Waals surface area contributed by atoms with Crippen LogP contribution >= 0.6 is 27.7 Å². The third-order valence-corrected chi connectivity index (χ3v) is 3.96. The fraction of sp³-hybridized carbons (Fsp3) is 0.500. The van der Waals surface area contributed by atoms with Gasteiger partial charge in [0.2, 0.25) is 0 Å². The van der Waals surface area contributed by atoms with Crippen molar-refractivity contribution in [3.8, 4) is 0 Å². The summed E-state index contributed by atoms with van der Waals surface area (Å²) in [5, 5.41) is 9.67. The van der Waals surface area contributed by atoms with Crippen LogP contribution in [0, 0.1) is 5.92 Å². The molecule has 0 spiro atoms. The van der Waals surface area contributed by atoms with Crippen LogP contribution in [-0.2, 0) is 0 Å². The summed E-state index contributed by atoms with van der Waals surface area (Å²) in [6.45, 7) is 2.16. The minimum absolute atomic E-state index is 0.186. The van der Waals surface area contributed by atoms with Gasteiger partial charge in [-0.2, -0.15) is 0 Å². The van der Waals surface area contributed by atoms with E-state index in [-0.39, 0.29) is 12.5 Å². The van der Waals surface area contributed by atoms with Gasteiger partial charge in [-0.3, -0.25) is 0 Å². The largest absolute Gasteiger partial charge is 0.396 e. The van der Waals surface area contributed by atoms with Crippen molar-refractivity contribution in [2.75, 3.05) is 18.1 Å². The molecule has 0 aliphatic heterocycles. The predicted molar refractivity (Wildman–Crippen MR) is 61.1 cm³/mol. The fourth-order valence-corrected chi connectivity index (χ4v) is 2.19. The highest BCUT2D eigenvalue weighted by Gasteiger charge is 2.08. The first-order chi connectivity index (χ1) is 6.65. The highest BCUT2D eigenvalue weighted by atomic mass is 79.9. The second-order valence-electron chi connectivity index (χ2n) is 2.98. The predicted octanol–water partition coefficient (Wildman–Crippen LogP) is 1.54. The summed E-state index contributed by atoms with van der Waals surface area (Å²) in [5.41, 5.74) is 5.60. The number of aliphatic hydroxyl groups excluding tert-OH is 1. The number of aromatic nitrogens is 2. The van der Waals surface area contributed by atoms with Gasteiger partial charge in [0.1, 0.15) is 17.2 Å². The van der Waals surface area contributed by atoms with Crippen LogP contribution in [-0.4, -0.2) is 27.4 Å². The van der Waals surface area contributed by atoms with Gasteiger partial charge in [-0.25, -0.2) is 9.97 Å². The normalized spacial score (nSPS) is 12.8. The summed E-state index contributed by atoms with van der Waals surface area (Å²) in [7, 11) is 0. The van der Waals surface area contributed by atoms with Gasteiger partial charge in [-0.15, -0.1) is 11.8 Å². The third-order valence-electron chi connectivity index (χ3n) is 1.60. The Morgan fingerprint density at radius 3 is 3.00 bits per heavy atom. The molecule has 1 heterocycles. The Morgan fingerprint density at radius 2 is 2.36 bits per heavy atom. The molecular weight excluding hydrogens is 266 g/mol. The molecule has 0 saturated heterocycles. The highest BCUT2D eigenvalue weighted by molar-refractivity contribution is 9.10. The van der Waals surface area contributed by atoms with Gasteiger partial charge in [-0.1, -0.05) is 6.92 Å². The zero-order valence-electron chi connectivity index (χ0n) is 7.77. The van der Waals surface area contributed by atoms with Gasteiger partial charge in [-0.05, 0) is 21.8 Å². The van der Waals surface area contributed by atoms with E-state index < -0.39 is 0 Å². The number of hydrogen-bond acceptors (Lipinski definition) is 5. The summed E-state index contributed by atoms with van der Waals surface area (Å²) in [5.74, 6) is 1.51. The van der Waals surface area contributed by atoms with E-state index in [2.05, 4.69) is 25.9 Å². The molecule has 14 heavy (non-hydrogen) atoms. The van der Waals surface area contributed by atoms with Gasteiger partial charge < -0.3 is 10.8 Å². The lowest BCUT2D eigenvalue weighted by Crippen LogP contribution is -2.04. The lowest BCUT2D eigenvalue weighted by molar-refractivity contribution is 0.250. The molecule has 0 aromatic carbocycles. The molecule has 1 aromatic rings. The van der Waals surface area contributed by atoms with E-state index in [1.807, 2.05) is 6.92 Å². The van der Waals surface area contributed by atoms with Crippen LogP contribution in [0.5, 0.6) is 0 Å². The Kier molecular flexibility index (Phi) is 4.64. The first-order valence-corrected chi connectivity index (χ1v) is 5.92. The monoisotopic (exact) mass is 277 g/mol. The Balaban J connectivity index is 2.63. The molecule has 0 bridgehead atoms. The van der Waals surface area contributed by atoms with Crippen molar-refractivity contribution >= 4 is 33.5 Å². The highest BCUT2D eigenvalue weighted by Crippen LogP contribution is 2.29. The smallest absolute Gasteiger partial charge is 0.142 e. The molecule has 1 aromatic heterocycles. The second kappa shape index (κ2) is 5.53. The number of rotatable bonds is 4. The summed E-state index contributed by atoms with van der Waals surface area (Å²) in [4.78, 5) is 7.93. The SMILES string of the molecule is CC(CO)CSc1ncnc(N)c1Br. The lowest BCUT2D eigenvalue weighted by Gasteiger charge is -2.07. The molecule has 0 saturated carbocycles. The van der Waals surface area contributed by atoms with Gasteiger partial charge in [0.15, 0.2) is 0 Å². The van der Waals surface area contributed by atoms with Crippen LogP contribution in [0.25, 0.3) is 0 Å². The first-order valence-electron chi connectivity index (χ1n) is 4.14. The lowest BCUT2D eigenvalue weighted by atomic mass is 10.2. The zero-order chi connectivity index (χ0) is 10.6. The average Bonchev–Trinajstić information content (AvgIpc) is 2.20. The maximum atomic E-state index is 8.85. The van der Waals surface area contributed by atoms with E-state index in [9.17, 15) is 0 Å². The maximum absolute atomic E-state index is 8.85. The number of nitrogens with zero attached hydrogens (tertiary/aromatic N) is 2. The van der Waals surface area contributed by atoms with Gasteiger partial charge >= 0.3 is 0 Å². The Morgan fingerprint density at radius 1 is 1.64 bits per heavy atom. The minimum Gasteiger partial charge on any atom is -0.396 e. The van der Waals surface area contributed by atoms with E-state index >= 15 is 0 Å². The third kappa shape index (κ3) is 3.11. The number of nitrogen functional groups attached to an aromatic ring is 1.